The molecule has 0 saturated heterocycles. The number of hydrogen-bond acceptors (Lipinski definition) is 3. The average Bonchev–Trinajstić information content (AvgIpc) is 3.03. The van der Waals surface area contributed by atoms with Crippen LogP contribution in [-0.2, 0) is 0 Å². The number of aryl methyl sites for hydroxylation is 1. The zero-order chi connectivity index (χ0) is 16.1. The van der Waals surface area contributed by atoms with Crippen molar-refractivity contribution in [2.45, 2.75) is 6.92 Å². The van der Waals surface area contributed by atoms with Crippen molar-refractivity contribution < 1.29 is 9.21 Å². The van der Waals surface area contributed by atoms with Gasteiger partial charge in [0, 0.05) is 11.1 Å². The summed E-state index contributed by atoms with van der Waals surface area (Å²) < 4.78 is 5.31. The van der Waals surface area contributed by atoms with Gasteiger partial charge in [0.15, 0.2) is 5.76 Å². The molecule has 0 fully saturated rings. The summed E-state index contributed by atoms with van der Waals surface area (Å²) in [5, 5.41) is 4.31. The van der Waals surface area contributed by atoms with Gasteiger partial charge in [-0.3, -0.25) is 4.79 Å². The Labute approximate surface area is 134 Å². The maximum absolute atomic E-state index is 12.1. The highest BCUT2D eigenvalue weighted by molar-refractivity contribution is 6.13. The lowest BCUT2D eigenvalue weighted by Crippen LogP contribution is -2.20. The topological polar surface area (TPSA) is 54.6 Å². The van der Waals surface area contributed by atoms with E-state index in [0.717, 1.165) is 11.1 Å². The van der Waals surface area contributed by atoms with Crippen LogP contribution in [0.25, 0.3) is 0 Å². The van der Waals surface area contributed by atoms with E-state index in [1.165, 1.54) is 0 Å². The molecule has 0 spiro atoms. The van der Waals surface area contributed by atoms with Crippen LogP contribution in [0, 0.1) is 6.92 Å². The molecule has 0 saturated carbocycles. The maximum Gasteiger partial charge on any atom is 0.307 e. The van der Waals surface area contributed by atoms with Crippen LogP contribution in [0.3, 0.4) is 0 Å². The molecule has 0 aliphatic carbocycles. The smallest absolute Gasteiger partial charge is 0.307 e. The minimum absolute atomic E-state index is 0.242. The number of benzene rings is 2. The third-order valence-corrected chi connectivity index (χ3v) is 3.33. The first-order valence-corrected chi connectivity index (χ1v) is 7.29. The Morgan fingerprint density at radius 2 is 1.43 bits per heavy atom. The molecule has 4 heteroatoms. The Morgan fingerprint density at radius 1 is 0.870 bits per heavy atom. The van der Waals surface area contributed by atoms with Crippen molar-refractivity contribution in [3.05, 3.63) is 95.4 Å². The van der Waals surface area contributed by atoms with Gasteiger partial charge in [-0.1, -0.05) is 60.7 Å². The van der Waals surface area contributed by atoms with Crippen molar-refractivity contribution in [3.63, 3.8) is 0 Å². The number of carbonyl (C=O) groups excluding carboxylic acids is 1. The van der Waals surface area contributed by atoms with E-state index in [2.05, 4.69) is 10.5 Å². The highest BCUT2D eigenvalue weighted by Gasteiger charge is 2.11. The van der Waals surface area contributed by atoms with Crippen LogP contribution in [-0.4, -0.2) is 11.6 Å². The predicted octanol–water partition coefficient (Wildman–Crippen LogP) is 3.77. The molecule has 3 aromatic rings. The number of nitrogens with one attached hydrogen (secondary N) is 1. The van der Waals surface area contributed by atoms with Gasteiger partial charge < -0.3 is 4.42 Å². The molecule has 2 aromatic carbocycles. The highest BCUT2D eigenvalue weighted by Crippen LogP contribution is 2.11. The van der Waals surface area contributed by atoms with Gasteiger partial charge in [-0.15, -0.1) is 0 Å². The largest absolute Gasteiger partial charge is 0.456 e. The molecule has 0 radical (unpaired) electrons. The lowest BCUT2D eigenvalue weighted by molar-refractivity contribution is 0.0926. The molecule has 1 heterocycles. The van der Waals surface area contributed by atoms with Gasteiger partial charge in [0.2, 0.25) is 0 Å². The summed E-state index contributed by atoms with van der Waals surface area (Å²) in [6, 6.07) is 22.8. The Bertz CT molecular complexity index is 779. The fourth-order valence-electron chi connectivity index (χ4n) is 2.21. The molecular weight excluding hydrogens is 288 g/mol. The third-order valence-electron chi connectivity index (χ3n) is 3.33. The first kappa shape index (κ1) is 14.8. The van der Waals surface area contributed by atoms with Crippen LogP contribution in [0.1, 0.15) is 27.4 Å². The molecule has 23 heavy (non-hydrogen) atoms. The lowest BCUT2D eigenvalue weighted by Gasteiger charge is -2.07. The average molecular weight is 304 g/mol. The van der Waals surface area contributed by atoms with E-state index in [9.17, 15) is 4.79 Å². The van der Waals surface area contributed by atoms with Gasteiger partial charge in [-0.05, 0) is 19.1 Å². The van der Waals surface area contributed by atoms with Crippen molar-refractivity contribution in [2.75, 3.05) is 0 Å². The zero-order valence-corrected chi connectivity index (χ0v) is 12.7. The van der Waals surface area contributed by atoms with Gasteiger partial charge in [0.1, 0.15) is 5.76 Å². The van der Waals surface area contributed by atoms with E-state index in [1.807, 2.05) is 60.7 Å². The van der Waals surface area contributed by atoms with Crippen LogP contribution in [0.2, 0.25) is 0 Å². The molecule has 3 rings (SSSR count). The summed E-state index contributed by atoms with van der Waals surface area (Å²) in [6.07, 6.45) is 0. The van der Waals surface area contributed by atoms with Crippen molar-refractivity contribution in [3.8, 4) is 0 Å². The first-order chi connectivity index (χ1) is 11.2. The number of carbonyl (C=O) groups is 1. The van der Waals surface area contributed by atoms with E-state index >= 15 is 0 Å². The van der Waals surface area contributed by atoms with Gasteiger partial charge in [-0.25, -0.2) is 5.43 Å². The van der Waals surface area contributed by atoms with Gasteiger partial charge in [0.05, 0.1) is 5.71 Å². The second kappa shape index (κ2) is 6.75. The molecule has 4 nitrogen and oxygen atoms in total. The van der Waals surface area contributed by atoms with E-state index in [1.54, 1.807) is 19.1 Å². The molecular formula is C19H16N2O2. The lowest BCUT2D eigenvalue weighted by atomic mass is 10.0. The summed E-state index contributed by atoms with van der Waals surface area (Å²) in [5.41, 5.74) is 5.11. The van der Waals surface area contributed by atoms with Crippen molar-refractivity contribution in [1.29, 1.82) is 0 Å². The SMILES string of the molecule is Cc1ccc(C(=O)NN=C(c2ccccc2)c2ccccc2)o1. The van der Waals surface area contributed by atoms with Crippen molar-refractivity contribution >= 4 is 11.6 Å². The van der Waals surface area contributed by atoms with E-state index < -0.39 is 0 Å². The van der Waals surface area contributed by atoms with Gasteiger partial charge in [-0.2, -0.15) is 5.10 Å². The number of rotatable bonds is 4. The molecule has 0 aliphatic rings. The summed E-state index contributed by atoms with van der Waals surface area (Å²) in [4.78, 5) is 12.1. The van der Waals surface area contributed by atoms with Crippen LogP contribution in [0.15, 0.2) is 82.3 Å². The third kappa shape index (κ3) is 3.55. The van der Waals surface area contributed by atoms with Crippen molar-refractivity contribution in [1.82, 2.24) is 5.43 Å². The number of hydrogen-bond donors (Lipinski definition) is 1. The van der Waals surface area contributed by atoms with Crippen LogP contribution in [0.5, 0.6) is 0 Å². The Morgan fingerprint density at radius 3 is 1.91 bits per heavy atom. The minimum Gasteiger partial charge on any atom is -0.456 e. The van der Waals surface area contributed by atoms with E-state index in [0.29, 0.717) is 11.5 Å². The molecule has 1 amide bonds. The quantitative estimate of drug-likeness (QED) is 0.589. The molecule has 0 atom stereocenters. The molecule has 0 unspecified atom stereocenters. The molecule has 114 valence electrons. The van der Waals surface area contributed by atoms with Crippen LogP contribution < -0.4 is 5.43 Å². The van der Waals surface area contributed by atoms with Crippen LogP contribution in [0.4, 0.5) is 0 Å². The maximum atomic E-state index is 12.1. The number of amides is 1. The van der Waals surface area contributed by atoms with E-state index in [-0.39, 0.29) is 11.7 Å². The number of furan rings is 1. The summed E-state index contributed by atoms with van der Waals surface area (Å²) in [7, 11) is 0. The second-order valence-corrected chi connectivity index (χ2v) is 5.04. The Kier molecular flexibility index (Phi) is 4.34. The predicted molar refractivity (Wildman–Crippen MR) is 89.4 cm³/mol. The van der Waals surface area contributed by atoms with Gasteiger partial charge in [0.25, 0.3) is 0 Å². The second-order valence-electron chi connectivity index (χ2n) is 5.04. The monoisotopic (exact) mass is 304 g/mol. The van der Waals surface area contributed by atoms with Crippen molar-refractivity contribution in [2.24, 2.45) is 5.10 Å². The first-order valence-electron chi connectivity index (χ1n) is 7.29. The Hall–Kier alpha value is -3.14. The number of hydrazone groups is 1. The Balaban J connectivity index is 1.91. The highest BCUT2D eigenvalue weighted by atomic mass is 16.3. The fraction of sp³-hybridized carbons (Fsp3) is 0.0526. The molecule has 1 aromatic heterocycles. The molecule has 0 aliphatic heterocycles. The summed E-state index contributed by atoms with van der Waals surface area (Å²) in [6.45, 7) is 1.79. The fourth-order valence-corrected chi connectivity index (χ4v) is 2.21. The summed E-state index contributed by atoms with van der Waals surface area (Å²) in [5.74, 6) is 0.555. The molecule has 0 bridgehead atoms. The van der Waals surface area contributed by atoms with Gasteiger partial charge >= 0.3 is 5.91 Å². The minimum atomic E-state index is -0.373. The normalized spacial score (nSPS) is 10.1. The van der Waals surface area contributed by atoms with E-state index in [4.69, 9.17) is 4.42 Å². The summed E-state index contributed by atoms with van der Waals surface area (Å²) >= 11 is 0. The zero-order valence-electron chi connectivity index (χ0n) is 12.7. The molecule has 1 N–H and O–H groups in total. The van der Waals surface area contributed by atoms with Crippen LogP contribution >= 0.6 is 0 Å². The standard InChI is InChI=1S/C19H16N2O2/c1-14-12-13-17(23-14)19(22)21-20-18(15-8-4-2-5-9-15)16-10-6-3-7-11-16/h2-13H,1H3,(H,21,22). The number of nitrogens with zero attached hydrogens (tertiary/aromatic N) is 1.